The molecular weight excluding hydrogens is 347 g/mol. The van der Waals surface area contributed by atoms with Crippen molar-refractivity contribution in [2.45, 2.75) is 20.8 Å². The number of nitrogens with one attached hydrogen (secondary N) is 2. The van der Waals surface area contributed by atoms with E-state index in [1.807, 2.05) is 19.1 Å². The van der Waals surface area contributed by atoms with E-state index >= 15 is 0 Å². The van der Waals surface area contributed by atoms with Gasteiger partial charge in [-0.2, -0.15) is 0 Å². The van der Waals surface area contributed by atoms with Gasteiger partial charge in [0, 0.05) is 5.69 Å². The van der Waals surface area contributed by atoms with Gasteiger partial charge in [0.2, 0.25) is 11.8 Å². The number of halogens is 2. The molecule has 0 bridgehead atoms. The van der Waals surface area contributed by atoms with Gasteiger partial charge in [-0.15, -0.1) is 0 Å². The molecule has 2 rings (SSSR count). The average Bonchev–Trinajstić information content (AvgIpc) is 2.53. The van der Waals surface area contributed by atoms with Crippen molar-refractivity contribution in [3.8, 4) is 0 Å². The van der Waals surface area contributed by atoms with Gasteiger partial charge in [0.15, 0.2) is 0 Å². The molecule has 24 heavy (non-hydrogen) atoms. The number of rotatable bonds is 4. The zero-order valence-corrected chi connectivity index (χ0v) is 15.1. The van der Waals surface area contributed by atoms with Crippen LogP contribution in [0.2, 0.25) is 10.0 Å². The molecule has 0 aliphatic carbocycles. The van der Waals surface area contributed by atoms with Crippen LogP contribution in [0, 0.1) is 12.3 Å². The maximum Gasteiger partial charge on any atom is 0.239 e. The Labute approximate surface area is 151 Å². The van der Waals surface area contributed by atoms with Crippen LogP contribution in [0.25, 0.3) is 0 Å². The smallest absolute Gasteiger partial charge is 0.239 e. The quantitative estimate of drug-likeness (QED) is 0.757. The fraction of sp³-hybridized carbons (Fsp3) is 0.222. The summed E-state index contributed by atoms with van der Waals surface area (Å²) in [5.74, 6) is -0.890. The predicted octanol–water partition coefficient (Wildman–Crippen LogP) is 4.91. The summed E-state index contributed by atoms with van der Waals surface area (Å²) in [5, 5.41) is 5.96. The molecule has 0 radical (unpaired) electrons. The second kappa shape index (κ2) is 7.24. The van der Waals surface area contributed by atoms with Gasteiger partial charge in [-0.1, -0.05) is 47.0 Å². The molecule has 0 unspecified atom stereocenters. The maximum absolute atomic E-state index is 12.5. The van der Waals surface area contributed by atoms with E-state index in [2.05, 4.69) is 10.6 Å². The summed E-state index contributed by atoms with van der Waals surface area (Å²) in [4.78, 5) is 25.0. The van der Waals surface area contributed by atoms with Gasteiger partial charge in [-0.05, 0) is 45.0 Å². The highest BCUT2D eigenvalue weighted by atomic mass is 35.5. The largest absolute Gasteiger partial charge is 0.325 e. The Morgan fingerprint density at radius 2 is 1.50 bits per heavy atom. The van der Waals surface area contributed by atoms with Crippen LogP contribution in [0.4, 0.5) is 11.4 Å². The number of carbonyl (C=O) groups excluding carboxylic acids is 2. The molecule has 2 amide bonds. The van der Waals surface area contributed by atoms with Crippen molar-refractivity contribution in [2.75, 3.05) is 10.6 Å². The van der Waals surface area contributed by atoms with E-state index in [4.69, 9.17) is 23.2 Å². The number of anilines is 2. The third kappa shape index (κ3) is 4.08. The summed E-state index contributed by atoms with van der Waals surface area (Å²) < 4.78 is 0. The molecule has 2 aromatic carbocycles. The number of benzene rings is 2. The zero-order chi connectivity index (χ0) is 17.9. The summed E-state index contributed by atoms with van der Waals surface area (Å²) in [5.41, 5.74) is 0.787. The molecule has 0 aromatic heterocycles. The molecule has 0 atom stereocenters. The van der Waals surface area contributed by atoms with Crippen LogP contribution in [0.15, 0.2) is 42.5 Å². The molecule has 0 spiro atoms. The number of amides is 2. The van der Waals surface area contributed by atoms with Gasteiger partial charge in [-0.3, -0.25) is 9.59 Å². The monoisotopic (exact) mass is 364 g/mol. The maximum atomic E-state index is 12.5. The Bertz CT molecular complexity index is 771. The molecule has 6 heteroatoms. The number of aryl methyl sites for hydroxylation is 1. The van der Waals surface area contributed by atoms with Crippen LogP contribution in [0.5, 0.6) is 0 Å². The third-order valence-corrected chi connectivity index (χ3v) is 4.46. The van der Waals surface area contributed by atoms with E-state index < -0.39 is 17.2 Å². The summed E-state index contributed by atoms with van der Waals surface area (Å²) in [6, 6.07) is 12.3. The molecule has 0 aliphatic rings. The Hall–Kier alpha value is -2.04. The minimum atomic E-state index is -1.30. The Morgan fingerprint density at radius 1 is 0.917 bits per heavy atom. The molecule has 0 saturated heterocycles. The van der Waals surface area contributed by atoms with Crippen molar-refractivity contribution in [3.63, 3.8) is 0 Å². The first-order valence-corrected chi connectivity index (χ1v) is 8.11. The first-order chi connectivity index (χ1) is 11.2. The second-order valence-corrected chi connectivity index (χ2v) is 6.79. The molecule has 0 heterocycles. The van der Waals surface area contributed by atoms with Crippen LogP contribution in [0.1, 0.15) is 19.4 Å². The Balaban J connectivity index is 2.12. The van der Waals surface area contributed by atoms with Gasteiger partial charge in [-0.25, -0.2) is 0 Å². The summed E-state index contributed by atoms with van der Waals surface area (Å²) >= 11 is 12.0. The summed E-state index contributed by atoms with van der Waals surface area (Å²) in [6.07, 6.45) is 0. The predicted molar refractivity (Wildman–Crippen MR) is 98.7 cm³/mol. The van der Waals surface area contributed by atoms with Crippen molar-refractivity contribution < 1.29 is 9.59 Å². The van der Waals surface area contributed by atoms with E-state index in [0.717, 1.165) is 5.56 Å². The highest BCUT2D eigenvalue weighted by Crippen LogP contribution is 2.31. The van der Waals surface area contributed by atoms with E-state index in [9.17, 15) is 9.59 Å². The van der Waals surface area contributed by atoms with Gasteiger partial charge in [0.1, 0.15) is 5.41 Å². The molecule has 2 aromatic rings. The lowest BCUT2D eigenvalue weighted by Gasteiger charge is -2.23. The molecule has 126 valence electrons. The van der Waals surface area contributed by atoms with Crippen molar-refractivity contribution in [3.05, 3.63) is 58.1 Å². The van der Waals surface area contributed by atoms with Gasteiger partial charge in [0.25, 0.3) is 0 Å². The minimum absolute atomic E-state index is 0.238. The first kappa shape index (κ1) is 18.3. The van der Waals surface area contributed by atoms with Crippen LogP contribution in [0.3, 0.4) is 0 Å². The molecular formula is C18H18Cl2N2O2. The van der Waals surface area contributed by atoms with E-state index in [-0.39, 0.29) is 5.02 Å². The normalized spacial score (nSPS) is 11.0. The average molecular weight is 365 g/mol. The number of hydrogen-bond acceptors (Lipinski definition) is 2. The van der Waals surface area contributed by atoms with E-state index in [0.29, 0.717) is 16.4 Å². The van der Waals surface area contributed by atoms with Crippen LogP contribution in [-0.4, -0.2) is 11.8 Å². The number of hydrogen-bond donors (Lipinski definition) is 2. The van der Waals surface area contributed by atoms with E-state index in [1.165, 1.54) is 0 Å². The molecule has 2 N–H and O–H groups in total. The topological polar surface area (TPSA) is 58.2 Å². The van der Waals surface area contributed by atoms with Crippen LogP contribution >= 0.6 is 23.2 Å². The van der Waals surface area contributed by atoms with Crippen molar-refractivity contribution >= 4 is 46.4 Å². The van der Waals surface area contributed by atoms with Crippen molar-refractivity contribution in [1.29, 1.82) is 0 Å². The Morgan fingerprint density at radius 3 is 2.12 bits per heavy atom. The first-order valence-electron chi connectivity index (χ1n) is 7.35. The molecule has 4 nitrogen and oxygen atoms in total. The van der Waals surface area contributed by atoms with Gasteiger partial charge >= 0.3 is 0 Å². The summed E-state index contributed by atoms with van der Waals surface area (Å²) in [6.45, 7) is 5.05. The fourth-order valence-corrected chi connectivity index (χ4v) is 2.25. The number of carbonyl (C=O) groups is 2. The Kier molecular flexibility index (Phi) is 5.52. The highest BCUT2D eigenvalue weighted by molar-refractivity contribution is 6.44. The molecule has 0 fully saturated rings. The van der Waals surface area contributed by atoms with E-state index in [1.54, 1.807) is 44.2 Å². The second-order valence-electron chi connectivity index (χ2n) is 6.00. The van der Waals surface area contributed by atoms with Gasteiger partial charge < -0.3 is 10.6 Å². The lowest BCUT2D eigenvalue weighted by Crippen LogP contribution is -2.41. The van der Waals surface area contributed by atoms with Crippen molar-refractivity contribution in [2.24, 2.45) is 5.41 Å². The van der Waals surface area contributed by atoms with Crippen molar-refractivity contribution in [1.82, 2.24) is 0 Å². The standard InChI is InChI=1S/C18H18Cl2N2O2/c1-11-7-9-12(10-8-11)21-16(23)18(2,3)17(24)22-14-6-4-5-13(19)15(14)20/h4-10H,1-3H3,(H,21,23)(H,22,24). The van der Waals surface area contributed by atoms with Crippen LogP contribution in [-0.2, 0) is 9.59 Å². The minimum Gasteiger partial charge on any atom is -0.325 e. The lowest BCUT2D eigenvalue weighted by atomic mass is 9.90. The van der Waals surface area contributed by atoms with Gasteiger partial charge in [0.05, 0.1) is 15.7 Å². The molecule has 0 aliphatic heterocycles. The lowest BCUT2D eigenvalue weighted by molar-refractivity contribution is -0.135. The molecule has 0 saturated carbocycles. The fourth-order valence-electron chi connectivity index (χ4n) is 1.91. The SMILES string of the molecule is Cc1ccc(NC(=O)C(C)(C)C(=O)Nc2cccc(Cl)c2Cl)cc1. The zero-order valence-electron chi connectivity index (χ0n) is 13.6. The third-order valence-electron chi connectivity index (χ3n) is 3.64. The summed E-state index contributed by atoms with van der Waals surface area (Å²) in [7, 11) is 0. The van der Waals surface area contributed by atoms with Crippen LogP contribution < -0.4 is 10.6 Å². The highest BCUT2D eigenvalue weighted by Gasteiger charge is 2.36.